The van der Waals surface area contributed by atoms with E-state index in [4.69, 9.17) is 10.5 Å². The Morgan fingerprint density at radius 1 is 1.50 bits per heavy atom. The summed E-state index contributed by atoms with van der Waals surface area (Å²) >= 11 is 3.56. The molecule has 3 nitrogen and oxygen atoms in total. The second-order valence-electron chi connectivity index (χ2n) is 6.31. The smallest absolute Gasteiger partial charge is 0.119 e. The Kier molecular flexibility index (Phi) is 3.82. The van der Waals surface area contributed by atoms with E-state index in [1.807, 2.05) is 18.2 Å². The molecule has 3 N–H and O–H groups in total. The van der Waals surface area contributed by atoms with E-state index >= 15 is 0 Å². The highest BCUT2D eigenvalue weighted by Crippen LogP contribution is 2.60. The van der Waals surface area contributed by atoms with Gasteiger partial charge in [0.25, 0.3) is 0 Å². The van der Waals surface area contributed by atoms with Gasteiger partial charge in [-0.1, -0.05) is 22.4 Å². The molecule has 1 aromatic carbocycles. The van der Waals surface area contributed by atoms with Crippen LogP contribution in [0.2, 0.25) is 0 Å². The number of aliphatic hydroxyl groups excluding tert-OH is 1. The van der Waals surface area contributed by atoms with E-state index in [9.17, 15) is 5.11 Å². The highest BCUT2D eigenvalue weighted by molar-refractivity contribution is 9.10. The molecule has 0 saturated heterocycles. The van der Waals surface area contributed by atoms with Gasteiger partial charge >= 0.3 is 0 Å². The predicted octanol–water partition coefficient (Wildman–Crippen LogP) is 3.26. The third-order valence-corrected chi connectivity index (χ3v) is 6.17. The molecular weight excluding hydrogens is 318 g/mol. The largest absolute Gasteiger partial charge is 0.497 e. The summed E-state index contributed by atoms with van der Waals surface area (Å²) in [6.07, 6.45) is 4.28. The molecule has 4 heteroatoms. The van der Waals surface area contributed by atoms with Crippen molar-refractivity contribution in [2.45, 2.75) is 31.8 Å². The number of fused-ring (bicyclic) bond motifs is 2. The monoisotopic (exact) mass is 339 g/mol. The van der Waals surface area contributed by atoms with E-state index in [1.165, 1.54) is 19.3 Å². The van der Waals surface area contributed by atoms with Crippen LogP contribution in [0, 0.1) is 17.3 Å². The minimum atomic E-state index is -0.521. The molecule has 0 spiro atoms. The molecular formula is C16H22BrNO2. The molecule has 4 atom stereocenters. The average Bonchev–Trinajstić information content (AvgIpc) is 3.08. The number of methoxy groups -OCH3 is 1. The van der Waals surface area contributed by atoms with Gasteiger partial charge in [0.05, 0.1) is 13.2 Å². The minimum Gasteiger partial charge on any atom is -0.497 e. The maximum absolute atomic E-state index is 11.0. The Bertz CT molecular complexity index is 507. The lowest BCUT2D eigenvalue weighted by atomic mass is 9.67. The van der Waals surface area contributed by atoms with Crippen molar-refractivity contribution in [3.05, 3.63) is 28.2 Å². The van der Waals surface area contributed by atoms with Gasteiger partial charge in [0.1, 0.15) is 5.75 Å². The molecule has 2 aliphatic carbocycles. The van der Waals surface area contributed by atoms with E-state index in [0.29, 0.717) is 12.5 Å². The second-order valence-corrected chi connectivity index (χ2v) is 7.16. The first kappa shape index (κ1) is 14.4. The summed E-state index contributed by atoms with van der Waals surface area (Å²) in [4.78, 5) is 0. The molecule has 1 aromatic rings. The summed E-state index contributed by atoms with van der Waals surface area (Å²) < 4.78 is 6.22. The summed E-state index contributed by atoms with van der Waals surface area (Å²) in [5.74, 6) is 2.09. The summed E-state index contributed by atoms with van der Waals surface area (Å²) in [7, 11) is 1.65. The SMILES string of the molecule is COc1ccc(Br)c(C(O)C2(CN)CC3CCC2C3)c1. The van der Waals surface area contributed by atoms with Gasteiger partial charge in [-0.05, 0) is 54.9 Å². The Balaban J connectivity index is 1.97. The van der Waals surface area contributed by atoms with Gasteiger partial charge in [0.15, 0.2) is 0 Å². The van der Waals surface area contributed by atoms with E-state index in [0.717, 1.165) is 28.1 Å². The highest BCUT2D eigenvalue weighted by atomic mass is 79.9. The summed E-state index contributed by atoms with van der Waals surface area (Å²) in [6, 6.07) is 5.77. The van der Waals surface area contributed by atoms with Crippen LogP contribution in [0.25, 0.3) is 0 Å². The van der Waals surface area contributed by atoms with E-state index in [2.05, 4.69) is 15.9 Å². The van der Waals surface area contributed by atoms with Gasteiger partial charge in [-0.25, -0.2) is 0 Å². The number of benzene rings is 1. The quantitative estimate of drug-likeness (QED) is 0.885. The summed E-state index contributed by atoms with van der Waals surface area (Å²) in [6.45, 7) is 0.555. The number of nitrogens with two attached hydrogens (primary N) is 1. The van der Waals surface area contributed by atoms with E-state index in [1.54, 1.807) is 7.11 Å². The predicted molar refractivity (Wildman–Crippen MR) is 82.6 cm³/mol. The number of halogens is 1. The van der Waals surface area contributed by atoms with Crippen molar-refractivity contribution in [1.82, 2.24) is 0 Å². The van der Waals surface area contributed by atoms with Gasteiger partial charge in [0.2, 0.25) is 0 Å². The molecule has 2 bridgehead atoms. The standard InChI is InChI=1S/C16H22BrNO2/c1-20-12-4-5-14(17)13(7-12)15(19)16(9-18)8-10-2-3-11(16)6-10/h4-5,7,10-11,15,19H,2-3,6,8-9,18H2,1H3. The van der Waals surface area contributed by atoms with Gasteiger partial charge in [-0.15, -0.1) is 0 Å². The molecule has 20 heavy (non-hydrogen) atoms. The molecule has 4 unspecified atom stereocenters. The van der Waals surface area contributed by atoms with Gasteiger partial charge in [-0.2, -0.15) is 0 Å². The molecule has 3 rings (SSSR count). The zero-order chi connectivity index (χ0) is 14.3. The lowest BCUT2D eigenvalue weighted by molar-refractivity contribution is -0.0135. The number of rotatable bonds is 4. The first-order chi connectivity index (χ1) is 9.60. The van der Waals surface area contributed by atoms with Crippen molar-refractivity contribution in [2.24, 2.45) is 23.0 Å². The molecule has 2 saturated carbocycles. The molecule has 110 valence electrons. The van der Waals surface area contributed by atoms with Crippen molar-refractivity contribution in [2.75, 3.05) is 13.7 Å². The number of aliphatic hydroxyl groups is 1. The first-order valence-electron chi connectivity index (χ1n) is 7.32. The van der Waals surface area contributed by atoms with Crippen molar-refractivity contribution in [3.63, 3.8) is 0 Å². The van der Waals surface area contributed by atoms with Gasteiger partial charge < -0.3 is 15.6 Å². The third-order valence-electron chi connectivity index (χ3n) is 5.45. The Morgan fingerprint density at radius 3 is 2.85 bits per heavy atom. The van der Waals surface area contributed by atoms with Crippen LogP contribution in [0.4, 0.5) is 0 Å². The molecule has 2 fully saturated rings. The zero-order valence-electron chi connectivity index (χ0n) is 11.8. The number of ether oxygens (including phenoxy) is 1. The van der Waals surface area contributed by atoms with Crippen molar-refractivity contribution in [3.8, 4) is 5.75 Å². The molecule has 0 aromatic heterocycles. The number of hydrogen-bond donors (Lipinski definition) is 2. The second kappa shape index (κ2) is 5.32. The fourth-order valence-corrected chi connectivity index (χ4v) is 4.81. The molecule has 2 aliphatic rings. The van der Waals surface area contributed by atoms with Crippen LogP contribution in [-0.4, -0.2) is 18.8 Å². The van der Waals surface area contributed by atoms with Gasteiger partial charge in [0, 0.05) is 16.4 Å². The van der Waals surface area contributed by atoms with Crippen LogP contribution in [0.5, 0.6) is 5.75 Å². The fourth-order valence-electron chi connectivity index (χ4n) is 4.35. The lowest BCUT2D eigenvalue weighted by Gasteiger charge is -2.41. The molecule has 0 heterocycles. The topological polar surface area (TPSA) is 55.5 Å². The molecule has 0 amide bonds. The molecule has 0 aliphatic heterocycles. The van der Waals surface area contributed by atoms with Crippen LogP contribution in [0.3, 0.4) is 0 Å². The minimum absolute atomic E-state index is 0.155. The van der Waals surface area contributed by atoms with Crippen LogP contribution < -0.4 is 10.5 Å². The molecule has 0 radical (unpaired) electrons. The normalized spacial score (nSPS) is 33.4. The first-order valence-corrected chi connectivity index (χ1v) is 8.11. The van der Waals surface area contributed by atoms with Crippen LogP contribution in [0.1, 0.15) is 37.4 Å². The van der Waals surface area contributed by atoms with Crippen LogP contribution >= 0.6 is 15.9 Å². The average molecular weight is 340 g/mol. The van der Waals surface area contributed by atoms with Crippen molar-refractivity contribution < 1.29 is 9.84 Å². The third kappa shape index (κ3) is 2.09. The van der Waals surface area contributed by atoms with Crippen molar-refractivity contribution in [1.29, 1.82) is 0 Å². The highest BCUT2D eigenvalue weighted by Gasteiger charge is 2.54. The van der Waals surface area contributed by atoms with E-state index < -0.39 is 6.10 Å². The van der Waals surface area contributed by atoms with Crippen molar-refractivity contribution >= 4 is 15.9 Å². The maximum Gasteiger partial charge on any atom is 0.119 e. The van der Waals surface area contributed by atoms with Crippen LogP contribution in [0.15, 0.2) is 22.7 Å². The lowest BCUT2D eigenvalue weighted by Crippen LogP contribution is -2.41. The Labute approximate surface area is 128 Å². The number of hydrogen-bond acceptors (Lipinski definition) is 3. The fraction of sp³-hybridized carbons (Fsp3) is 0.625. The van der Waals surface area contributed by atoms with Gasteiger partial charge in [-0.3, -0.25) is 0 Å². The Morgan fingerprint density at radius 2 is 2.30 bits per heavy atom. The summed E-state index contributed by atoms with van der Waals surface area (Å²) in [5.41, 5.74) is 6.86. The Hall–Kier alpha value is -0.580. The summed E-state index contributed by atoms with van der Waals surface area (Å²) in [5, 5.41) is 11.0. The zero-order valence-corrected chi connectivity index (χ0v) is 13.4. The van der Waals surface area contributed by atoms with E-state index in [-0.39, 0.29) is 5.41 Å². The van der Waals surface area contributed by atoms with Crippen LogP contribution in [-0.2, 0) is 0 Å². The maximum atomic E-state index is 11.0.